The van der Waals surface area contributed by atoms with Crippen LogP contribution in [0.1, 0.15) is 16.9 Å². The highest BCUT2D eigenvalue weighted by molar-refractivity contribution is 7.16. The molecule has 0 unspecified atom stereocenters. The molecule has 32 heavy (non-hydrogen) atoms. The summed E-state index contributed by atoms with van der Waals surface area (Å²) in [4.78, 5) is 23.0. The first-order valence-corrected chi connectivity index (χ1v) is 11.8. The van der Waals surface area contributed by atoms with Crippen molar-refractivity contribution < 1.29 is 9.53 Å². The molecule has 1 aromatic carbocycles. The highest BCUT2D eigenvalue weighted by Crippen LogP contribution is 2.24. The lowest BCUT2D eigenvalue weighted by molar-refractivity contribution is -0.143. The van der Waals surface area contributed by atoms with Gasteiger partial charge in [0, 0.05) is 62.0 Å². The largest absolute Gasteiger partial charge is 0.398 e. The van der Waals surface area contributed by atoms with Crippen LogP contribution < -0.4 is 5.73 Å². The average molecular weight is 471 g/mol. The van der Waals surface area contributed by atoms with Crippen LogP contribution in [0.25, 0.3) is 17.0 Å². The van der Waals surface area contributed by atoms with Gasteiger partial charge in [-0.3, -0.25) is 14.7 Å². The predicted molar refractivity (Wildman–Crippen MR) is 132 cm³/mol. The summed E-state index contributed by atoms with van der Waals surface area (Å²) in [5.74, 6) is 0.140. The van der Waals surface area contributed by atoms with E-state index in [1.54, 1.807) is 30.7 Å². The topological polar surface area (TPSA) is 71.7 Å². The number of nitrogen functional groups attached to an aromatic ring is 1. The van der Waals surface area contributed by atoms with Gasteiger partial charge in [-0.1, -0.05) is 29.8 Å². The maximum Gasteiger partial charge on any atom is 0.240 e. The van der Waals surface area contributed by atoms with Crippen LogP contribution >= 0.6 is 22.9 Å². The van der Waals surface area contributed by atoms with Gasteiger partial charge in [0.1, 0.15) is 0 Å². The monoisotopic (exact) mass is 470 g/mol. The van der Waals surface area contributed by atoms with Crippen molar-refractivity contribution in [3.8, 4) is 0 Å². The number of nitrogens with two attached hydrogens (primary N) is 1. The molecule has 1 saturated heterocycles. The van der Waals surface area contributed by atoms with E-state index in [1.165, 1.54) is 0 Å². The standard InChI is InChI=1S/C24H27ClN4O2S/c1-31-14-9-22-24(30)29(13-12-28(22)11-2-3-18-5-7-23(25)32-18)16-17-4-6-19-20(26)8-10-27-21(19)15-17/h2-8,10,15,22H,9,11-14,16H2,1H3,(H2,26,27)/t22-/m0/s1. The third-order valence-electron chi connectivity index (χ3n) is 5.72. The molecule has 2 N–H and O–H groups in total. The highest BCUT2D eigenvalue weighted by atomic mass is 35.5. The van der Waals surface area contributed by atoms with Crippen molar-refractivity contribution in [2.24, 2.45) is 0 Å². The number of methoxy groups -OCH3 is 1. The summed E-state index contributed by atoms with van der Waals surface area (Å²) in [5.41, 5.74) is 8.65. The Labute approximate surface area is 197 Å². The molecule has 1 fully saturated rings. The quantitative estimate of drug-likeness (QED) is 0.531. The second-order valence-corrected chi connectivity index (χ2v) is 9.59. The predicted octanol–water partition coefficient (Wildman–Crippen LogP) is 4.29. The third-order valence-corrected chi connectivity index (χ3v) is 6.92. The van der Waals surface area contributed by atoms with Crippen molar-refractivity contribution in [3.05, 3.63) is 63.4 Å². The Balaban J connectivity index is 1.45. The molecule has 0 bridgehead atoms. The van der Waals surface area contributed by atoms with Crippen LogP contribution in [0.5, 0.6) is 0 Å². The Morgan fingerprint density at radius 3 is 2.94 bits per heavy atom. The summed E-state index contributed by atoms with van der Waals surface area (Å²) in [5, 5.41) is 0.934. The minimum atomic E-state index is -0.200. The van der Waals surface area contributed by atoms with Crippen LogP contribution in [-0.2, 0) is 16.1 Å². The van der Waals surface area contributed by atoms with Crippen LogP contribution in [-0.4, -0.2) is 60.1 Å². The van der Waals surface area contributed by atoms with E-state index in [0.29, 0.717) is 38.3 Å². The molecule has 168 valence electrons. The molecule has 1 aliphatic heterocycles. The fourth-order valence-corrected chi connectivity index (χ4v) is 5.04. The fraction of sp³-hybridized carbons (Fsp3) is 0.333. The number of fused-ring (bicyclic) bond motifs is 1. The number of pyridine rings is 1. The Kier molecular flexibility index (Phi) is 7.42. The summed E-state index contributed by atoms with van der Waals surface area (Å²) in [6.45, 7) is 3.32. The van der Waals surface area contributed by atoms with E-state index in [2.05, 4.69) is 22.0 Å². The van der Waals surface area contributed by atoms with E-state index in [0.717, 1.165) is 32.2 Å². The first-order valence-electron chi connectivity index (χ1n) is 10.6. The van der Waals surface area contributed by atoms with E-state index in [-0.39, 0.29) is 11.9 Å². The van der Waals surface area contributed by atoms with Crippen LogP contribution in [0.3, 0.4) is 0 Å². The second kappa shape index (κ2) is 10.4. The number of rotatable bonds is 8. The van der Waals surface area contributed by atoms with E-state index in [4.69, 9.17) is 22.1 Å². The number of hydrogen-bond acceptors (Lipinski definition) is 6. The van der Waals surface area contributed by atoms with Gasteiger partial charge in [0.25, 0.3) is 0 Å². The van der Waals surface area contributed by atoms with Crippen LogP contribution in [0.15, 0.2) is 48.7 Å². The third kappa shape index (κ3) is 5.30. The molecule has 2 aromatic heterocycles. The summed E-state index contributed by atoms with van der Waals surface area (Å²) in [6, 6.07) is 11.5. The molecular formula is C24H27ClN4O2S. The Morgan fingerprint density at radius 2 is 2.16 bits per heavy atom. The fourth-order valence-electron chi connectivity index (χ4n) is 4.05. The molecular weight excluding hydrogens is 444 g/mol. The molecule has 3 aromatic rings. The molecule has 3 heterocycles. The first-order chi connectivity index (χ1) is 15.5. The molecule has 6 nitrogen and oxygen atoms in total. The first kappa shape index (κ1) is 22.7. The summed E-state index contributed by atoms with van der Waals surface area (Å²) >= 11 is 7.55. The molecule has 4 rings (SSSR count). The molecule has 0 aliphatic carbocycles. The number of carbonyl (C=O) groups is 1. The number of nitrogens with zero attached hydrogens (tertiary/aromatic N) is 3. The molecule has 0 radical (unpaired) electrons. The summed E-state index contributed by atoms with van der Waals surface area (Å²) in [6.07, 6.45) is 6.54. The van der Waals surface area contributed by atoms with Gasteiger partial charge in [0.15, 0.2) is 0 Å². The SMILES string of the molecule is COCC[C@H]1C(=O)N(Cc2ccc3c(N)ccnc3c2)CCN1CC=Cc1ccc(Cl)s1. The van der Waals surface area contributed by atoms with Crippen molar-refractivity contribution in [1.82, 2.24) is 14.8 Å². The van der Waals surface area contributed by atoms with Crippen molar-refractivity contribution in [3.63, 3.8) is 0 Å². The zero-order chi connectivity index (χ0) is 22.5. The molecule has 1 atom stereocenters. The van der Waals surface area contributed by atoms with Gasteiger partial charge in [0.2, 0.25) is 5.91 Å². The molecule has 0 saturated carbocycles. The molecule has 1 amide bonds. The van der Waals surface area contributed by atoms with Gasteiger partial charge in [-0.2, -0.15) is 0 Å². The number of hydrogen-bond donors (Lipinski definition) is 1. The number of anilines is 1. The highest BCUT2D eigenvalue weighted by Gasteiger charge is 2.33. The second-order valence-electron chi connectivity index (χ2n) is 7.85. The molecule has 8 heteroatoms. The van der Waals surface area contributed by atoms with E-state index in [1.807, 2.05) is 35.2 Å². The van der Waals surface area contributed by atoms with Crippen molar-refractivity contribution in [2.75, 3.05) is 39.1 Å². The maximum atomic E-state index is 13.4. The average Bonchev–Trinajstić information content (AvgIpc) is 3.20. The Morgan fingerprint density at radius 1 is 1.28 bits per heavy atom. The lowest BCUT2D eigenvalue weighted by Crippen LogP contribution is -2.56. The summed E-state index contributed by atoms with van der Waals surface area (Å²) in [7, 11) is 1.67. The van der Waals surface area contributed by atoms with E-state index < -0.39 is 0 Å². The minimum Gasteiger partial charge on any atom is -0.398 e. The maximum absolute atomic E-state index is 13.4. The Bertz CT molecular complexity index is 1120. The minimum absolute atomic E-state index is 0.140. The molecule has 0 spiro atoms. The number of carbonyl (C=O) groups excluding carboxylic acids is 1. The van der Waals surface area contributed by atoms with Gasteiger partial charge < -0.3 is 15.4 Å². The van der Waals surface area contributed by atoms with Crippen molar-refractivity contribution in [1.29, 1.82) is 0 Å². The normalized spacial score (nSPS) is 17.6. The Hall–Kier alpha value is -2.45. The van der Waals surface area contributed by atoms with Gasteiger partial charge in [-0.05, 0) is 42.3 Å². The number of aromatic nitrogens is 1. The number of piperazine rings is 1. The van der Waals surface area contributed by atoms with E-state index >= 15 is 0 Å². The lowest BCUT2D eigenvalue weighted by atomic mass is 10.1. The number of ether oxygens (including phenoxy) is 1. The molecule has 1 aliphatic rings. The zero-order valence-corrected chi connectivity index (χ0v) is 19.6. The van der Waals surface area contributed by atoms with Gasteiger partial charge in [-0.15, -0.1) is 11.3 Å². The van der Waals surface area contributed by atoms with Gasteiger partial charge in [-0.25, -0.2) is 0 Å². The lowest BCUT2D eigenvalue weighted by Gasteiger charge is -2.40. The van der Waals surface area contributed by atoms with Crippen LogP contribution in [0, 0.1) is 0 Å². The van der Waals surface area contributed by atoms with Crippen LogP contribution in [0.4, 0.5) is 5.69 Å². The van der Waals surface area contributed by atoms with Crippen molar-refractivity contribution >= 4 is 51.5 Å². The van der Waals surface area contributed by atoms with E-state index in [9.17, 15) is 4.79 Å². The zero-order valence-electron chi connectivity index (χ0n) is 18.0. The number of thiophene rings is 1. The number of benzene rings is 1. The summed E-state index contributed by atoms with van der Waals surface area (Å²) < 4.78 is 6.06. The smallest absolute Gasteiger partial charge is 0.240 e. The van der Waals surface area contributed by atoms with Gasteiger partial charge in [0.05, 0.1) is 15.9 Å². The number of halogens is 1. The van der Waals surface area contributed by atoms with Crippen LogP contribution in [0.2, 0.25) is 4.34 Å². The number of amides is 1. The van der Waals surface area contributed by atoms with Crippen molar-refractivity contribution in [2.45, 2.75) is 19.0 Å². The van der Waals surface area contributed by atoms with Gasteiger partial charge >= 0.3 is 0 Å².